The quantitative estimate of drug-likeness (QED) is 0.770. The molecule has 3 N–H and O–H groups in total. The van der Waals surface area contributed by atoms with Gasteiger partial charge in [0.1, 0.15) is 17.5 Å². The number of hydrogen-bond acceptors (Lipinski definition) is 4. The molecule has 2 heterocycles. The second-order valence-electron chi connectivity index (χ2n) is 5.33. The maximum atomic E-state index is 14.0. The molecule has 0 radical (unpaired) electrons. The Bertz CT molecular complexity index is 956. The summed E-state index contributed by atoms with van der Waals surface area (Å²) < 4.78 is 18.9. The third-order valence-electron chi connectivity index (χ3n) is 3.73. The van der Waals surface area contributed by atoms with Gasteiger partial charge >= 0.3 is 0 Å². The van der Waals surface area contributed by atoms with Gasteiger partial charge in [-0.3, -0.25) is 0 Å². The lowest BCUT2D eigenvalue weighted by molar-refractivity contribution is 0.386. The van der Waals surface area contributed by atoms with Crippen molar-refractivity contribution in [2.45, 2.75) is 6.92 Å². The molecular formula is C18H15FN4O. The van der Waals surface area contributed by atoms with Gasteiger partial charge in [0.15, 0.2) is 11.6 Å². The number of pyridine rings is 1. The molecule has 2 aromatic heterocycles. The number of H-pyrrole nitrogens is 1. The maximum absolute atomic E-state index is 14.0. The number of halogens is 1. The van der Waals surface area contributed by atoms with Gasteiger partial charge in [-0.05, 0) is 43.3 Å². The fraction of sp³-hybridized carbons (Fsp3) is 0.111. The number of aryl methyl sites for hydroxylation is 1. The highest BCUT2D eigenvalue weighted by Crippen LogP contribution is 2.32. The monoisotopic (exact) mass is 322 g/mol. The molecule has 0 aliphatic rings. The van der Waals surface area contributed by atoms with Gasteiger partial charge in [0.05, 0.1) is 12.8 Å². The number of nitrogens with one attached hydrogen (secondary N) is 1. The number of aromatic amines is 1. The molecule has 6 heteroatoms. The SMILES string of the molecule is COc1ccc(-c2cc(-c3ccc(C)[nH]3)c(C#N)c(N)n2)cc1F. The van der Waals surface area contributed by atoms with Gasteiger partial charge in [-0.2, -0.15) is 5.26 Å². The molecule has 0 aliphatic carbocycles. The van der Waals surface area contributed by atoms with Crippen LogP contribution in [0.15, 0.2) is 36.4 Å². The van der Waals surface area contributed by atoms with E-state index in [9.17, 15) is 9.65 Å². The normalized spacial score (nSPS) is 10.4. The molecule has 0 aliphatic heterocycles. The number of methoxy groups -OCH3 is 1. The molecule has 5 nitrogen and oxygen atoms in total. The Morgan fingerprint density at radius 3 is 2.62 bits per heavy atom. The average molecular weight is 322 g/mol. The van der Waals surface area contributed by atoms with Crippen molar-refractivity contribution in [3.8, 4) is 34.3 Å². The van der Waals surface area contributed by atoms with E-state index in [1.165, 1.54) is 19.2 Å². The number of nitrogens with zero attached hydrogens (tertiary/aromatic N) is 2. The number of hydrogen-bond donors (Lipinski definition) is 2. The fourth-order valence-electron chi connectivity index (χ4n) is 2.53. The molecule has 1 aromatic carbocycles. The predicted octanol–water partition coefficient (Wildman–Crippen LogP) is 3.65. The zero-order chi connectivity index (χ0) is 17.3. The van der Waals surface area contributed by atoms with Gasteiger partial charge in [0.2, 0.25) is 0 Å². The van der Waals surface area contributed by atoms with E-state index in [0.717, 1.165) is 11.4 Å². The number of nitrogens with two attached hydrogens (primary N) is 1. The van der Waals surface area contributed by atoms with Crippen molar-refractivity contribution < 1.29 is 9.13 Å². The van der Waals surface area contributed by atoms with Crippen molar-refractivity contribution in [3.05, 3.63) is 53.5 Å². The second-order valence-corrected chi connectivity index (χ2v) is 5.33. The van der Waals surface area contributed by atoms with Crippen LogP contribution in [0.5, 0.6) is 5.75 Å². The number of anilines is 1. The summed E-state index contributed by atoms with van der Waals surface area (Å²) in [7, 11) is 1.40. The third kappa shape index (κ3) is 2.68. The van der Waals surface area contributed by atoms with Crippen LogP contribution in [-0.2, 0) is 0 Å². The number of ether oxygens (including phenoxy) is 1. The molecule has 0 saturated carbocycles. The van der Waals surface area contributed by atoms with Gasteiger partial charge in [-0.25, -0.2) is 9.37 Å². The Labute approximate surface area is 138 Å². The summed E-state index contributed by atoms with van der Waals surface area (Å²) in [6.07, 6.45) is 0. The van der Waals surface area contributed by atoms with E-state index < -0.39 is 5.82 Å². The molecule has 0 saturated heterocycles. The van der Waals surface area contributed by atoms with E-state index in [-0.39, 0.29) is 17.1 Å². The Hall–Kier alpha value is -3.33. The Balaban J connectivity index is 2.19. The Morgan fingerprint density at radius 2 is 2.04 bits per heavy atom. The Morgan fingerprint density at radius 1 is 1.25 bits per heavy atom. The number of rotatable bonds is 3. The summed E-state index contributed by atoms with van der Waals surface area (Å²) in [5.41, 5.74) is 9.61. The van der Waals surface area contributed by atoms with Crippen LogP contribution in [0.25, 0.3) is 22.5 Å². The first-order valence-electron chi connectivity index (χ1n) is 7.24. The highest BCUT2D eigenvalue weighted by Gasteiger charge is 2.15. The minimum absolute atomic E-state index is 0.105. The van der Waals surface area contributed by atoms with E-state index in [1.807, 2.05) is 19.1 Å². The topological polar surface area (TPSA) is 87.7 Å². The number of benzene rings is 1. The van der Waals surface area contributed by atoms with Crippen molar-refractivity contribution in [2.24, 2.45) is 0 Å². The van der Waals surface area contributed by atoms with Crippen LogP contribution in [0.4, 0.5) is 10.2 Å². The standard InChI is InChI=1S/C18H15FN4O/c1-10-3-5-15(22-10)12-8-16(23-18(21)13(12)9-20)11-4-6-17(24-2)14(19)7-11/h3-8,22H,1-2H3,(H2,21,23). The van der Waals surface area contributed by atoms with Crippen molar-refractivity contribution >= 4 is 5.82 Å². The average Bonchev–Trinajstić information content (AvgIpc) is 3.00. The highest BCUT2D eigenvalue weighted by molar-refractivity contribution is 5.78. The number of aromatic nitrogens is 2. The van der Waals surface area contributed by atoms with Crippen LogP contribution in [0.1, 0.15) is 11.3 Å². The first kappa shape index (κ1) is 15.6. The lowest BCUT2D eigenvalue weighted by atomic mass is 10.0. The van der Waals surface area contributed by atoms with Crippen molar-refractivity contribution in [2.75, 3.05) is 12.8 Å². The Kier molecular flexibility index (Phi) is 3.92. The van der Waals surface area contributed by atoms with E-state index >= 15 is 0 Å². The molecule has 24 heavy (non-hydrogen) atoms. The van der Waals surface area contributed by atoms with E-state index in [1.54, 1.807) is 12.1 Å². The summed E-state index contributed by atoms with van der Waals surface area (Å²) in [6, 6.07) is 12.1. The highest BCUT2D eigenvalue weighted by atomic mass is 19.1. The molecule has 0 atom stereocenters. The zero-order valence-corrected chi connectivity index (χ0v) is 13.2. The third-order valence-corrected chi connectivity index (χ3v) is 3.73. The molecule has 0 bridgehead atoms. The predicted molar refractivity (Wildman–Crippen MR) is 89.8 cm³/mol. The molecular weight excluding hydrogens is 307 g/mol. The van der Waals surface area contributed by atoms with Crippen molar-refractivity contribution in [1.82, 2.24) is 9.97 Å². The van der Waals surface area contributed by atoms with Crippen molar-refractivity contribution in [3.63, 3.8) is 0 Å². The molecule has 3 rings (SSSR count). The first-order valence-corrected chi connectivity index (χ1v) is 7.24. The summed E-state index contributed by atoms with van der Waals surface area (Å²) in [5.74, 6) is -0.230. The van der Waals surface area contributed by atoms with Crippen LogP contribution >= 0.6 is 0 Å². The minimum Gasteiger partial charge on any atom is -0.494 e. The molecule has 3 aromatic rings. The second kappa shape index (κ2) is 6.05. The fourth-order valence-corrected chi connectivity index (χ4v) is 2.53. The lowest BCUT2D eigenvalue weighted by Crippen LogP contribution is -2.00. The summed E-state index contributed by atoms with van der Waals surface area (Å²) in [6.45, 7) is 1.92. The van der Waals surface area contributed by atoms with Crippen LogP contribution < -0.4 is 10.5 Å². The molecule has 120 valence electrons. The largest absolute Gasteiger partial charge is 0.494 e. The van der Waals surface area contributed by atoms with E-state index in [4.69, 9.17) is 10.5 Å². The molecule has 0 unspecified atom stereocenters. The van der Waals surface area contributed by atoms with E-state index in [0.29, 0.717) is 16.8 Å². The number of nitriles is 1. The molecule has 0 amide bonds. The van der Waals surface area contributed by atoms with Gasteiger partial charge in [0.25, 0.3) is 0 Å². The number of nitrogen functional groups attached to an aromatic ring is 1. The molecule has 0 spiro atoms. The van der Waals surface area contributed by atoms with Crippen LogP contribution in [0.2, 0.25) is 0 Å². The van der Waals surface area contributed by atoms with Gasteiger partial charge in [-0.1, -0.05) is 0 Å². The first-order chi connectivity index (χ1) is 11.5. The molecule has 0 fully saturated rings. The summed E-state index contributed by atoms with van der Waals surface area (Å²) in [4.78, 5) is 7.41. The van der Waals surface area contributed by atoms with Gasteiger partial charge in [0, 0.05) is 22.5 Å². The smallest absolute Gasteiger partial charge is 0.165 e. The minimum atomic E-state index is -0.489. The van der Waals surface area contributed by atoms with Crippen molar-refractivity contribution in [1.29, 1.82) is 5.26 Å². The lowest BCUT2D eigenvalue weighted by Gasteiger charge is -2.10. The van der Waals surface area contributed by atoms with Gasteiger partial charge < -0.3 is 15.5 Å². The van der Waals surface area contributed by atoms with Crippen LogP contribution in [-0.4, -0.2) is 17.1 Å². The zero-order valence-electron chi connectivity index (χ0n) is 13.2. The summed E-state index contributed by atoms with van der Waals surface area (Å²) in [5, 5.41) is 9.38. The van der Waals surface area contributed by atoms with Gasteiger partial charge in [-0.15, -0.1) is 0 Å². The maximum Gasteiger partial charge on any atom is 0.165 e. The van der Waals surface area contributed by atoms with E-state index in [2.05, 4.69) is 16.0 Å². The van der Waals surface area contributed by atoms with Crippen LogP contribution in [0.3, 0.4) is 0 Å². The van der Waals surface area contributed by atoms with Crippen LogP contribution in [0, 0.1) is 24.1 Å². The summed E-state index contributed by atoms with van der Waals surface area (Å²) >= 11 is 0.